The number of aromatic nitrogens is 2. The van der Waals surface area contributed by atoms with E-state index in [4.69, 9.17) is 4.52 Å². The maximum Gasteiger partial charge on any atom is 0.273 e. The highest BCUT2D eigenvalue weighted by atomic mass is 32.2. The lowest BCUT2D eigenvalue weighted by molar-refractivity contribution is 0.0905. The highest BCUT2D eigenvalue weighted by Crippen LogP contribution is 2.40. The summed E-state index contributed by atoms with van der Waals surface area (Å²) < 4.78 is 32.3. The van der Waals surface area contributed by atoms with Crippen molar-refractivity contribution in [3.05, 3.63) is 47.6 Å². The summed E-state index contributed by atoms with van der Waals surface area (Å²) in [5, 5.41) is 6.83. The van der Waals surface area contributed by atoms with Gasteiger partial charge in [0.25, 0.3) is 5.91 Å². The molecule has 4 rings (SSSR count). The number of nitrogens with zero attached hydrogens (tertiary/aromatic N) is 3. The smallest absolute Gasteiger partial charge is 0.273 e. The predicted molar refractivity (Wildman–Crippen MR) is 102 cm³/mol. The molecule has 2 aliphatic rings. The molecule has 1 saturated carbocycles. The van der Waals surface area contributed by atoms with Gasteiger partial charge in [0.1, 0.15) is 5.76 Å². The van der Waals surface area contributed by atoms with Crippen LogP contribution in [0.1, 0.15) is 60.3 Å². The predicted octanol–water partition coefficient (Wildman–Crippen LogP) is 2.06. The first-order chi connectivity index (χ1) is 13.4. The zero-order valence-electron chi connectivity index (χ0n) is 15.7. The van der Waals surface area contributed by atoms with E-state index in [1.807, 2.05) is 6.92 Å². The number of amides is 1. The van der Waals surface area contributed by atoms with Gasteiger partial charge >= 0.3 is 0 Å². The Kier molecular flexibility index (Phi) is 5.20. The lowest BCUT2D eigenvalue weighted by Crippen LogP contribution is -2.51. The van der Waals surface area contributed by atoms with Crippen LogP contribution < -0.4 is 5.32 Å². The molecule has 2 fully saturated rings. The van der Waals surface area contributed by atoms with Gasteiger partial charge in [-0.25, -0.2) is 8.42 Å². The Balaban J connectivity index is 1.34. The number of hydrogen-bond donors (Lipinski definition) is 1. The zero-order chi connectivity index (χ0) is 19.7. The van der Waals surface area contributed by atoms with E-state index in [1.54, 1.807) is 30.6 Å². The van der Waals surface area contributed by atoms with E-state index in [9.17, 15) is 13.2 Å². The normalized spacial score (nSPS) is 23.5. The Morgan fingerprint density at radius 3 is 2.86 bits per heavy atom. The number of pyridine rings is 1. The lowest BCUT2D eigenvalue weighted by atomic mass is 10.0. The van der Waals surface area contributed by atoms with Crippen molar-refractivity contribution < 1.29 is 17.7 Å². The van der Waals surface area contributed by atoms with E-state index in [-0.39, 0.29) is 23.7 Å². The van der Waals surface area contributed by atoms with Crippen molar-refractivity contribution in [2.75, 3.05) is 6.54 Å². The molecule has 1 aliphatic carbocycles. The van der Waals surface area contributed by atoms with Gasteiger partial charge in [0.15, 0.2) is 5.69 Å². The Bertz CT molecular complexity index is 940. The third-order valence-electron chi connectivity index (χ3n) is 5.32. The second-order valence-corrected chi connectivity index (χ2v) is 9.58. The highest BCUT2D eigenvalue weighted by Gasteiger charge is 2.35. The molecule has 9 heteroatoms. The second kappa shape index (κ2) is 7.63. The van der Waals surface area contributed by atoms with Gasteiger partial charge in [-0.2, -0.15) is 4.31 Å². The Labute approximate surface area is 164 Å². The van der Waals surface area contributed by atoms with Gasteiger partial charge in [-0.3, -0.25) is 9.78 Å². The van der Waals surface area contributed by atoms with Crippen molar-refractivity contribution in [2.24, 2.45) is 0 Å². The van der Waals surface area contributed by atoms with E-state index < -0.39 is 10.0 Å². The molecule has 1 aliphatic heterocycles. The monoisotopic (exact) mass is 404 g/mol. The number of carbonyl (C=O) groups is 1. The fourth-order valence-corrected chi connectivity index (χ4v) is 5.46. The molecular formula is C19H24N4O4S. The van der Waals surface area contributed by atoms with E-state index in [1.165, 1.54) is 4.31 Å². The molecule has 1 amide bonds. The van der Waals surface area contributed by atoms with Crippen LogP contribution in [0.4, 0.5) is 0 Å². The maximum absolute atomic E-state index is 12.8. The van der Waals surface area contributed by atoms with Crippen LogP contribution >= 0.6 is 0 Å². The van der Waals surface area contributed by atoms with Crippen LogP contribution in [0.15, 0.2) is 35.1 Å². The molecule has 150 valence electrons. The average molecular weight is 404 g/mol. The van der Waals surface area contributed by atoms with E-state index in [0.29, 0.717) is 36.6 Å². The van der Waals surface area contributed by atoms with E-state index >= 15 is 0 Å². The van der Waals surface area contributed by atoms with Gasteiger partial charge in [-0.1, -0.05) is 11.2 Å². The summed E-state index contributed by atoms with van der Waals surface area (Å²) in [6.07, 6.45) is 6.49. The van der Waals surface area contributed by atoms with Crippen molar-refractivity contribution >= 4 is 15.9 Å². The Morgan fingerprint density at radius 2 is 2.18 bits per heavy atom. The molecular weight excluding hydrogens is 380 g/mol. The molecule has 0 unspecified atom stereocenters. The van der Waals surface area contributed by atoms with Crippen molar-refractivity contribution in [1.82, 2.24) is 19.8 Å². The quantitative estimate of drug-likeness (QED) is 0.790. The van der Waals surface area contributed by atoms with Gasteiger partial charge in [0, 0.05) is 43.0 Å². The number of sulfonamides is 1. The zero-order valence-corrected chi connectivity index (χ0v) is 16.6. The van der Waals surface area contributed by atoms with Crippen LogP contribution in [0, 0.1) is 0 Å². The standard InChI is InChI=1S/C19H24N4O4S/c1-13-9-16(21-19(24)17-10-18(27-22-17)15-4-5-15)6-8-23(13)28(25,26)12-14-3-2-7-20-11-14/h2-3,7,10-11,13,15-16H,4-6,8-9,12H2,1H3,(H,21,24)/t13-,16+/m0/s1. The fourth-order valence-electron chi connectivity index (χ4n) is 3.69. The molecule has 0 radical (unpaired) electrons. The molecule has 0 bridgehead atoms. The minimum atomic E-state index is -3.44. The topological polar surface area (TPSA) is 105 Å². The maximum atomic E-state index is 12.8. The number of carbonyl (C=O) groups excluding carboxylic acids is 1. The Morgan fingerprint density at radius 1 is 1.36 bits per heavy atom. The van der Waals surface area contributed by atoms with Gasteiger partial charge in [-0.15, -0.1) is 0 Å². The summed E-state index contributed by atoms with van der Waals surface area (Å²) in [6, 6.07) is 4.92. The van der Waals surface area contributed by atoms with E-state index in [0.717, 1.165) is 18.6 Å². The summed E-state index contributed by atoms with van der Waals surface area (Å²) in [5.74, 6) is 0.849. The molecule has 8 nitrogen and oxygen atoms in total. The van der Waals surface area contributed by atoms with Crippen LogP contribution in [0.3, 0.4) is 0 Å². The van der Waals surface area contributed by atoms with Crippen LogP contribution in [-0.4, -0.2) is 47.4 Å². The first-order valence-electron chi connectivity index (χ1n) is 9.58. The third kappa shape index (κ3) is 4.25. The van der Waals surface area contributed by atoms with Gasteiger partial charge in [0.2, 0.25) is 10.0 Å². The minimum Gasteiger partial charge on any atom is -0.360 e. The highest BCUT2D eigenvalue weighted by molar-refractivity contribution is 7.88. The first-order valence-corrected chi connectivity index (χ1v) is 11.2. The van der Waals surface area contributed by atoms with Gasteiger partial charge in [-0.05, 0) is 44.2 Å². The van der Waals surface area contributed by atoms with Gasteiger partial charge in [0.05, 0.1) is 5.75 Å². The molecule has 2 aromatic heterocycles. The number of piperidine rings is 1. The van der Waals surface area contributed by atoms with Crippen molar-refractivity contribution in [1.29, 1.82) is 0 Å². The summed E-state index contributed by atoms with van der Waals surface area (Å²) >= 11 is 0. The SMILES string of the molecule is C[C@H]1C[C@H](NC(=O)c2cc(C3CC3)on2)CCN1S(=O)(=O)Cc1cccnc1. The fraction of sp³-hybridized carbons (Fsp3) is 0.526. The molecule has 0 aromatic carbocycles. The van der Waals surface area contributed by atoms with Gasteiger partial charge < -0.3 is 9.84 Å². The van der Waals surface area contributed by atoms with Crippen molar-refractivity contribution in [3.63, 3.8) is 0 Å². The second-order valence-electron chi connectivity index (χ2n) is 7.66. The molecule has 2 aromatic rings. The molecule has 28 heavy (non-hydrogen) atoms. The number of hydrogen-bond acceptors (Lipinski definition) is 6. The number of nitrogens with one attached hydrogen (secondary N) is 1. The van der Waals surface area contributed by atoms with Crippen LogP contribution in [0.2, 0.25) is 0 Å². The minimum absolute atomic E-state index is 0.0644. The Hall–Kier alpha value is -2.26. The molecule has 2 atom stereocenters. The molecule has 0 spiro atoms. The average Bonchev–Trinajstić information content (AvgIpc) is 3.38. The van der Waals surface area contributed by atoms with Crippen molar-refractivity contribution in [3.8, 4) is 0 Å². The third-order valence-corrected chi connectivity index (χ3v) is 7.28. The van der Waals surface area contributed by atoms with Crippen LogP contribution in [0.5, 0.6) is 0 Å². The summed E-state index contributed by atoms with van der Waals surface area (Å²) in [7, 11) is -3.44. The van der Waals surface area contributed by atoms with Crippen LogP contribution in [-0.2, 0) is 15.8 Å². The first kappa shape index (κ1) is 19.1. The largest absolute Gasteiger partial charge is 0.360 e. The van der Waals surface area contributed by atoms with Crippen LogP contribution in [0.25, 0.3) is 0 Å². The molecule has 3 heterocycles. The molecule has 1 saturated heterocycles. The summed E-state index contributed by atoms with van der Waals surface area (Å²) in [6.45, 7) is 2.25. The number of rotatable bonds is 6. The summed E-state index contributed by atoms with van der Waals surface area (Å²) in [5.41, 5.74) is 0.962. The van der Waals surface area contributed by atoms with Crippen molar-refractivity contribution in [2.45, 2.75) is 56.4 Å². The lowest BCUT2D eigenvalue weighted by Gasteiger charge is -2.36. The summed E-state index contributed by atoms with van der Waals surface area (Å²) in [4.78, 5) is 16.4. The molecule has 1 N–H and O–H groups in total. The van der Waals surface area contributed by atoms with E-state index in [2.05, 4.69) is 15.5 Å².